The van der Waals surface area contributed by atoms with Crippen LogP contribution in [0.2, 0.25) is 0 Å². The lowest BCUT2D eigenvalue weighted by molar-refractivity contribution is -0.147. The maximum Gasteiger partial charge on any atom is 0.314 e. The Morgan fingerprint density at radius 2 is 2.05 bits per heavy atom. The molecule has 4 heteroatoms. The summed E-state index contributed by atoms with van der Waals surface area (Å²) in [5, 5.41) is 9.53. The third-order valence-corrected chi connectivity index (χ3v) is 5.21. The van der Waals surface area contributed by atoms with Crippen molar-refractivity contribution in [1.29, 1.82) is 0 Å². The van der Waals surface area contributed by atoms with Crippen molar-refractivity contribution in [3.63, 3.8) is 0 Å². The molecule has 1 N–H and O–H groups in total. The zero-order valence-corrected chi connectivity index (χ0v) is 13.0. The molecule has 2 aliphatic rings. The monoisotopic (exact) mass is 338 g/mol. The third-order valence-electron chi connectivity index (χ3n) is 4.75. The molecule has 20 heavy (non-hydrogen) atoms. The van der Waals surface area contributed by atoms with Gasteiger partial charge in [-0.15, -0.1) is 0 Å². The SMILES string of the molecule is O=C(O)C1(c2cc(Br)cc(OCC3CCC3)c2)CCC1. The maximum absolute atomic E-state index is 11.6. The van der Waals surface area contributed by atoms with Gasteiger partial charge in [0.05, 0.1) is 12.0 Å². The summed E-state index contributed by atoms with van der Waals surface area (Å²) in [6, 6.07) is 5.76. The second-order valence-corrected chi connectivity index (χ2v) is 6.94. The van der Waals surface area contributed by atoms with Crippen molar-refractivity contribution in [2.24, 2.45) is 5.92 Å². The number of rotatable bonds is 5. The summed E-state index contributed by atoms with van der Waals surface area (Å²) in [6.07, 6.45) is 6.23. The zero-order chi connectivity index (χ0) is 14.2. The van der Waals surface area contributed by atoms with Crippen LogP contribution in [0.1, 0.15) is 44.1 Å². The van der Waals surface area contributed by atoms with E-state index in [4.69, 9.17) is 4.74 Å². The summed E-state index contributed by atoms with van der Waals surface area (Å²) in [7, 11) is 0. The van der Waals surface area contributed by atoms with Crippen molar-refractivity contribution in [2.75, 3.05) is 6.61 Å². The average molecular weight is 339 g/mol. The minimum Gasteiger partial charge on any atom is -0.493 e. The largest absolute Gasteiger partial charge is 0.493 e. The van der Waals surface area contributed by atoms with Crippen LogP contribution < -0.4 is 4.74 Å². The molecule has 1 aromatic rings. The summed E-state index contributed by atoms with van der Waals surface area (Å²) >= 11 is 3.47. The van der Waals surface area contributed by atoms with Gasteiger partial charge in [-0.25, -0.2) is 0 Å². The number of benzene rings is 1. The highest BCUT2D eigenvalue weighted by atomic mass is 79.9. The number of carbonyl (C=O) groups is 1. The lowest BCUT2D eigenvalue weighted by Crippen LogP contribution is -2.42. The van der Waals surface area contributed by atoms with Gasteiger partial charge in [0.1, 0.15) is 5.75 Å². The van der Waals surface area contributed by atoms with Crippen LogP contribution in [0.5, 0.6) is 5.75 Å². The maximum atomic E-state index is 11.6. The first-order valence-corrected chi connectivity index (χ1v) is 8.07. The molecular weight excluding hydrogens is 320 g/mol. The average Bonchev–Trinajstić information content (AvgIpc) is 2.23. The number of halogens is 1. The van der Waals surface area contributed by atoms with Crippen molar-refractivity contribution in [3.8, 4) is 5.75 Å². The van der Waals surface area contributed by atoms with Crippen molar-refractivity contribution in [1.82, 2.24) is 0 Å². The van der Waals surface area contributed by atoms with Gasteiger partial charge < -0.3 is 9.84 Å². The Morgan fingerprint density at radius 3 is 2.55 bits per heavy atom. The van der Waals surface area contributed by atoms with Gasteiger partial charge in [-0.05, 0) is 55.4 Å². The summed E-state index contributed by atoms with van der Waals surface area (Å²) < 4.78 is 6.75. The van der Waals surface area contributed by atoms with Crippen molar-refractivity contribution < 1.29 is 14.6 Å². The van der Waals surface area contributed by atoms with E-state index in [0.29, 0.717) is 5.92 Å². The van der Waals surface area contributed by atoms with Crippen LogP contribution in [0.3, 0.4) is 0 Å². The Labute approximate surface area is 127 Å². The summed E-state index contributed by atoms with van der Waals surface area (Å²) in [5.74, 6) is 0.746. The highest BCUT2D eigenvalue weighted by molar-refractivity contribution is 9.10. The first kappa shape index (κ1) is 13.9. The van der Waals surface area contributed by atoms with Gasteiger partial charge in [-0.2, -0.15) is 0 Å². The van der Waals surface area contributed by atoms with E-state index in [9.17, 15) is 9.90 Å². The van der Waals surface area contributed by atoms with Crippen molar-refractivity contribution >= 4 is 21.9 Å². The molecule has 0 aromatic heterocycles. The van der Waals surface area contributed by atoms with Gasteiger partial charge >= 0.3 is 5.97 Å². The number of hydrogen-bond donors (Lipinski definition) is 1. The molecule has 0 heterocycles. The predicted molar refractivity (Wildman–Crippen MR) is 80.1 cm³/mol. The van der Waals surface area contributed by atoms with Gasteiger partial charge in [0.15, 0.2) is 0 Å². The molecular formula is C16H19BrO3. The lowest BCUT2D eigenvalue weighted by atomic mass is 9.64. The van der Waals surface area contributed by atoms with Crippen LogP contribution >= 0.6 is 15.9 Å². The van der Waals surface area contributed by atoms with E-state index in [0.717, 1.165) is 41.7 Å². The quantitative estimate of drug-likeness (QED) is 0.877. The fourth-order valence-corrected chi connectivity index (χ4v) is 3.42. The molecule has 0 radical (unpaired) electrons. The van der Waals surface area contributed by atoms with Gasteiger partial charge in [0.25, 0.3) is 0 Å². The first-order chi connectivity index (χ1) is 9.60. The molecule has 2 fully saturated rings. The van der Waals surface area contributed by atoms with Crippen molar-refractivity contribution in [2.45, 2.75) is 43.9 Å². The van der Waals surface area contributed by atoms with Gasteiger partial charge in [-0.3, -0.25) is 4.79 Å². The van der Waals surface area contributed by atoms with Crippen LogP contribution in [0.4, 0.5) is 0 Å². The summed E-state index contributed by atoms with van der Waals surface area (Å²) in [6.45, 7) is 0.746. The second kappa shape index (κ2) is 5.40. The molecule has 3 rings (SSSR count). The Hall–Kier alpha value is -1.03. The van der Waals surface area contributed by atoms with Gasteiger partial charge in [0, 0.05) is 4.47 Å². The van der Waals surface area contributed by atoms with Crippen molar-refractivity contribution in [3.05, 3.63) is 28.2 Å². The minimum atomic E-state index is -0.716. The lowest BCUT2D eigenvalue weighted by Gasteiger charge is -2.38. The topological polar surface area (TPSA) is 46.5 Å². The highest BCUT2D eigenvalue weighted by Gasteiger charge is 2.46. The molecule has 0 saturated heterocycles. The Kier molecular flexibility index (Phi) is 3.76. The summed E-state index contributed by atoms with van der Waals surface area (Å²) in [5.41, 5.74) is 0.174. The number of carboxylic acid groups (broad SMARTS) is 1. The molecule has 2 aliphatic carbocycles. The van der Waals surface area contributed by atoms with Crippen LogP contribution in [-0.2, 0) is 10.2 Å². The number of ether oxygens (including phenoxy) is 1. The summed E-state index contributed by atoms with van der Waals surface area (Å²) in [4.78, 5) is 11.6. The van der Waals surface area contributed by atoms with Crippen LogP contribution in [-0.4, -0.2) is 17.7 Å². The van der Waals surface area contributed by atoms with Crippen LogP contribution in [0, 0.1) is 5.92 Å². The van der Waals surface area contributed by atoms with Crippen LogP contribution in [0.25, 0.3) is 0 Å². The van der Waals surface area contributed by atoms with Gasteiger partial charge in [0.2, 0.25) is 0 Å². The Bertz CT molecular complexity index is 518. The van der Waals surface area contributed by atoms with Crippen LogP contribution in [0.15, 0.2) is 22.7 Å². The number of aliphatic carboxylic acids is 1. The number of carboxylic acids is 1. The molecule has 0 amide bonds. The van der Waals surface area contributed by atoms with E-state index in [2.05, 4.69) is 15.9 Å². The van der Waals surface area contributed by atoms with E-state index >= 15 is 0 Å². The molecule has 0 unspecified atom stereocenters. The fraction of sp³-hybridized carbons (Fsp3) is 0.562. The first-order valence-electron chi connectivity index (χ1n) is 7.27. The fourth-order valence-electron chi connectivity index (χ4n) is 2.95. The van der Waals surface area contributed by atoms with Gasteiger partial charge in [-0.1, -0.05) is 28.8 Å². The molecule has 0 spiro atoms. The number of hydrogen-bond acceptors (Lipinski definition) is 2. The third kappa shape index (κ3) is 2.46. The Morgan fingerprint density at radius 1 is 1.30 bits per heavy atom. The standard InChI is InChI=1S/C16H19BrO3/c17-13-7-12(16(15(18)19)5-2-6-16)8-14(9-13)20-10-11-3-1-4-11/h7-9,11H,1-6,10H2,(H,18,19). The predicted octanol–water partition coefficient (Wildman–Crippen LogP) is 4.13. The molecule has 1 aromatic carbocycles. The normalized spacial score (nSPS) is 20.9. The van der Waals surface area contributed by atoms with E-state index in [1.54, 1.807) is 0 Å². The smallest absolute Gasteiger partial charge is 0.314 e. The molecule has 2 saturated carbocycles. The molecule has 0 atom stereocenters. The van der Waals surface area contributed by atoms with E-state index in [1.807, 2.05) is 18.2 Å². The molecule has 0 bridgehead atoms. The second-order valence-electron chi connectivity index (χ2n) is 6.02. The van der Waals surface area contributed by atoms with E-state index in [-0.39, 0.29) is 0 Å². The zero-order valence-electron chi connectivity index (χ0n) is 11.4. The Balaban J connectivity index is 1.80. The highest BCUT2D eigenvalue weighted by Crippen LogP contribution is 2.45. The minimum absolute atomic E-state index is 0.676. The molecule has 0 aliphatic heterocycles. The van der Waals surface area contributed by atoms with E-state index < -0.39 is 11.4 Å². The molecule has 3 nitrogen and oxygen atoms in total. The van der Waals surface area contributed by atoms with E-state index in [1.165, 1.54) is 19.3 Å². The molecule has 108 valence electrons.